The Hall–Kier alpha value is -0.970. The molecule has 0 spiro atoms. The maximum atomic E-state index is 11.3. The third-order valence-corrected chi connectivity index (χ3v) is 2.89. The van der Waals surface area contributed by atoms with Gasteiger partial charge in [-0.3, -0.25) is 4.79 Å². The molecule has 1 fully saturated rings. The summed E-state index contributed by atoms with van der Waals surface area (Å²) in [5.74, 6) is 7.48. The van der Waals surface area contributed by atoms with E-state index in [1.165, 1.54) is 0 Å². The summed E-state index contributed by atoms with van der Waals surface area (Å²) < 4.78 is 0. The Morgan fingerprint density at radius 2 is 2.23 bits per heavy atom. The van der Waals surface area contributed by atoms with Gasteiger partial charge < -0.3 is 5.32 Å². The molecule has 1 aliphatic rings. The molecule has 1 N–H and O–H groups in total. The van der Waals surface area contributed by atoms with Crippen LogP contribution in [-0.2, 0) is 4.79 Å². The second-order valence-electron chi connectivity index (χ2n) is 3.63. The second-order valence-corrected chi connectivity index (χ2v) is 3.63. The van der Waals surface area contributed by atoms with Gasteiger partial charge >= 0.3 is 0 Å². The lowest BCUT2D eigenvalue weighted by atomic mass is 10.2. The van der Waals surface area contributed by atoms with Crippen LogP contribution in [0.4, 0.5) is 0 Å². The molecule has 1 aliphatic carbocycles. The topological polar surface area (TPSA) is 29.1 Å². The van der Waals surface area contributed by atoms with Gasteiger partial charge in [0.15, 0.2) is 0 Å². The smallest absolute Gasteiger partial charge is 0.223 e. The largest absolute Gasteiger partial charge is 0.359 e. The Labute approximate surface area is 80.1 Å². The van der Waals surface area contributed by atoms with Crippen molar-refractivity contribution in [3.63, 3.8) is 0 Å². The van der Waals surface area contributed by atoms with Crippen molar-refractivity contribution in [2.75, 3.05) is 7.05 Å². The highest BCUT2D eigenvalue weighted by Gasteiger charge is 2.50. The minimum Gasteiger partial charge on any atom is -0.359 e. The Morgan fingerprint density at radius 3 is 2.77 bits per heavy atom. The molecule has 0 aromatic heterocycles. The lowest BCUT2D eigenvalue weighted by molar-refractivity contribution is -0.122. The molecule has 0 aromatic carbocycles. The first-order valence-electron chi connectivity index (χ1n) is 4.83. The van der Waals surface area contributed by atoms with Crippen molar-refractivity contribution in [2.24, 2.45) is 17.8 Å². The van der Waals surface area contributed by atoms with Crippen LogP contribution in [0.3, 0.4) is 0 Å². The van der Waals surface area contributed by atoms with Crippen LogP contribution in [0.2, 0.25) is 0 Å². The van der Waals surface area contributed by atoms with Gasteiger partial charge in [0.2, 0.25) is 5.91 Å². The first kappa shape index (κ1) is 10.1. The van der Waals surface area contributed by atoms with Crippen LogP contribution in [0.1, 0.15) is 26.7 Å². The molecule has 1 rings (SSSR count). The Morgan fingerprint density at radius 1 is 1.54 bits per heavy atom. The van der Waals surface area contributed by atoms with E-state index in [4.69, 9.17) is 0 Å². The zero-order valence-electron chi connectivity index (χ0n) is 8.55. The summed E-state index contributed by atoms with van der Waals surface area (Å²) in [7, 11) is 1.70. The first-order chi connectivity index (χ1) is 6.22. The molecule has 0 aromatic rings. The number of nitrogens with one attached hydrogen (secondary N) is 1. The average molecular weight is 179 g/mol. The normalized spacial score (nSPS) is 30.2. The van der Waals surface area contributed by atoms with Gasteiger partial charge in [-0.25, -0.2) is 0 Å². The Bertz CT molecular complexity index is 249. The summed E-state index contributed by atoms with van der Waals surface area (Å²) >= 11 is 0. The third-order valence-electron chi connectivity index (χ3n) is 2.89. The second kappa shape index (κ2) is 4.32. The lowest BCUT2D eigenvalue weighted by Crippen LogP contribution is -2.20. The molecule has 0 bridgehead atoms. The van der Waals surface area contributed by atoms with E-state index in [-0.39, 0.29) is 11.8 Å². The van der Waals surface area contributed by atoms with Crippen LogP contribution in [0.5, 0.6) is 0 Å². The van der Waals surface area contributed by atoms with Crippen LogP contribution in [0, 0.1) is 29.6 Å². The van der Waals surface area contributed by atoms with Gasteiger partial charge in [-0.1, -0.05) is 6.92 Å². The van der Waals surface area contributed by atoms with Gasteiger partial charge in [0.05, 0.1) is 0 Å². The molecule has 0 radical (unpaired) electrons. The van der Waals surface area contributed by atoms with Crippen molar-refractivity contribution in [3.8, 4) is 11.8 Å². The molecule has 3 unspecified atom stereocenters. The van der Waals surface area contributed by atoms with Gasteiger partial charge in [0, 0.05) is 19.4 Å². The summed E-state index contributed by atoms with van der Waals surface area (Å²) in [4.78, 5) is 11.3. The SMILES string of the molecule is CC#CCCC1C(C)C1C(=O)NC. The summed E-state index contributed by atoms with van der Waals surface area (Å²) in [5.41, 5.74) is 0. The molecule has 0 aliphatic heterocycles. The predicted octanol–water partition coefficient (Wildman–Crippen LogP) is 1.42. The molecule has 13 heavy (non-hydrogen) atoms. The lowest BCUT2D eigenvalue weighted by Gasteiger charge is -1.95. The van der Waals surface area contributed by atoms with E-state index in [0.29, 0.717) is 11.8 Å². The van der Waals surface area contributed by atoms with Crippen LogP contribution < -0.4 is 5.32 Å². The molecular weight excluding hydrogens is 162 g/mol. The number of hydrogen-bond donors (Lipinski definition) is 1. The van der Waals surface area contributed by atoms with Gasteiger partial charge in [-0.15, -0.1) is 11.8 Å². The maximum Gasteiger partial charge on any atom is 0.223 e. The molecule has 0 saturated heterocycles. The standard InChI is InChI=1S/C11H17NO/c1-4-5-6-7-9-8(2)10(9)11(13)12-3/h8-10H,6-7H2,1-3H3,(H,12,13). The first-order valence-corrected chi connectivity index (χ1v) is 4.83. The average Bonchev–Trinajstić information content (AvgIpc) is 2.76. The van der Waals surface area contributed by atoms with E-state index >= 15 is 0 Å². The summed E-state index contributed by atoms with van der Waals surface area (Å²) in [6.07, 6.45) is 2.00. The van der Waals surface area contributed by atoms with E-state index in [1.54, 1.807) is 7.05 Å². The van der Waals surface area contributed by atoms with E-state index in [0.717, 1.165) is 12.8 Å². The van der Waals surface area contributed by atoms with Crippen LogP contribution in [0.15, 0.2) is 0 Å². The summed E-state index contributed by atoms with van der Waals surface area (Å²) in [6, 6.07) is 0. The van der Waals surface area contributed by atoms with Crippen molar-refractivity contribution < 1.29 is 4.79 Å². The van der Waals surface area contributed by atoms with E-state index in [2.05, 4.69) is 24.1 Å². The van der Waals surface area contributed by atoms with Crippen molar-refractivity contribution in [1.82, 2.24) is 5.32 Å². The molecule has 0 heterocycles. The number of hydrogen-bond acceptors (Lipinski definition) is 1. The van der Waals surface area contributed by atoms with Crippen molar-refractivity contribution >= 4 is 5.91 Å². The minimum absolute atomic E-state index is 0.196. The van der Waals surface area contributed by atoms with Crippen LogP contribution in [-0.4, -0.2) is 13.0 Å². The number of carbonyl (C=O) groups is 1. The minimum atomic E-state index is 0.196. The molecule has 3 atom stereocenters. The molecule has 72 valence electrons. The highest BCUT2D eigenvalue weighted by Crippen LogP contribution is 2.48. The maximum absolute atomic E-state index is 11.3. The summed E-state index contributed by atoms with van der Waals surface area (Å²) in [5, 5.41) is 2.70. The summed E-state index contributed by atoms with van der Waals surface area (Å²) in [6.45, 7) is 4.00. The van der Waals surface area contributed by atoms with E-state index < -0.39 is 0 Å². The zero-order chi connectivity index (χ0) is 9.84. The number of rotatable bonds is 3. The highest BCUT2D eigenvalue weighted by atomic mass is 16.2. The predicted molar refractivity (Wildman–Crippen MR) is 52.9 cm³/mol. The van der Waals surface area contributed by atoms with Gasteiger partial charge in [0.1, 0.15) is 0 Å². The number of amides is 1. The van der Waals surface area contributed by atoms with Gasteiger partial charge in [-0.05, 0) is 25.2 Å². The Kier molecular flexibility index (Phi) is 3.36. The monoisotopic (exact) mass is 179 g/mol. The van der Waals surface area contributed by atoms with Gasteiger partial charge in [-0.2, -0.15) is 0 Å². The van der Waals surface area contributed by atoms with E-state index in [1.807, 2.05) is 6.92 Å². The fourth-order valence-corrected chi connectivity index (χ4v) is 1.95. The molecule has 1 saturated carbocycles. The van der Waals surface area contributed by atoms with Crippen LogP contribution >= 0.6 is 0 Å². The van der Waals surface area contributed by atoms with E-state index in [9.17, 15) is 4.79 Å². The molecule has 2 heteroatoms. The van der Waals surface area contributed by atoms with Crippen molar-refractivity contribution in [2.45, 2.75) is 26.7 Å². The number of carbonyl (C=O) groups excluding carboxylic acids is 1. The molecule has 1 amide bonds. The van der Waals surface area contributed by atoms with Crippen molar-refractivity contribution in [3.05, 3.63) is 0 Å². The molecular formula is C11H17NO. The fourth-order valence-electron chi connectivity index (χ4n) is 1.95. The highest BCUT2D eigenvalue weighted by molar-refractivity contribution is 5.81. The van der Waals surface area contributed by atoms with Crippen LogP contribution in [0.25, 0.3) is 0 Å². The Balaban J connectivity index is 2.30. The van der Waals surface area contributed by atoms with Crippen molar-refractivity contribution in [1.29, 1.82) is 0 Å². The quantitative estimate of drug-likeness (QED) is 0.652. The zero-order valence-corrected chi connectivity index (χ0v) is 8.55. The molecule has 2 nitrogen and oxygen atoms in total. The van der Waals surface area contributed by atoms with Gasteiger partial charge in [0.25, 0.3) is 0 Å². The third kappa shape index (κ3) is 2.24. The fraction of sp³-hybridized carbons (Fsp3) is 0.727.